The lowest BCUT2D eigenvalue weighted by atomic mass is 10.1. The number of carbonyl (C=O) groups excluding carboxylic acids is 2. The van der Waals surface area contributed by atoms with Crippen molar-refractivity contribution >= 4 is 34.2 Å². The standard InChI is InChI=1S/C22H27ClN2O4S/c23-18-10-8-17(9-11-18)6-3-1-2-4-12-24-20(26)15-25-21(27)14-22(25)30(28)16-19-7-5-13-29-19/h5,7-11,13,22H,1-4,6,12,14-16H2,(H,24,26). The molecule has 3 rings (SSSR count). The maximum Gasteiger partial charge on any atom is 0.239 e. The first kappa shape index (κ1) is 22.6. The van der Waals surface area contributed by atoms with Gasteiger partial charge in [-0.2, -0.15) is 0 Å². The van der Waals surface area contributed by atoms with Gasteiger partial charge in [-0.1, -0.05) is 36.6 Å². The van der Waals surface area contributed by atoms with E-state index in [1.807, 2.05) is 12.1 Å². The average Bonchev–Trinajstić information content (AvgIpc) is 3.23. The van der Waals surface area contributed by atoms with Crippen LogP contribution in [0.15, 0.2) is 47.1 Å². The van der Waals surface area contributed by atoms with E-state index in [1.165, 1.54) is 16.7 Å². The fourth-order valence-electron chi connectivity index (χ4n) is 3.38. The van der Waals surface area contributed by atoms with Gasteiger partial charge in [0.1, 0.15) is 17.7 Å². The van der Waals surface area contributed by atoms with E-state index in [9.17, 15) is 13.8 Å². The van der Waals surface area contributed by atoms with Gasteiger partial charge in [-0.25, -0.2) is 0 Å². The number of aryl methyl sites for hydroxylation is 1. The molecule has 2 heterocycles. The van der Waals surface area contributed by atoms with Gasteiger partial charge in [-0.05, 0) is 49.1 Å². The van der Waals surface area contributed by atoms with E-state index in [0.717, 1.165) is 37.1 Å². The van der Waals surface area contributed by atoms with Gasteiger partial charge in [0.2, 0.25) is 11.8 Å². The van der Waals surface area contributed by atoms with Crippen LogP contribution in [-0.4, -0.2) is 39.4 Å². The predicted molar refractivity (Wildman–Crippen MR) is 117 cm³/mol. The summed E-state index contributed by atoms with van der Waals surface area (Å²) in [6.45, 7) is 0.548. The van der Waals surface area contributed by atoms with E-state index in [-0.39, 0.29) is 30.5 Å². The second-order valence-corrected chi connectivity index (χ2v) is 9.46. The number of furan rings is 1. The first-order valence-electron chi connectivity index (χ1n) is 10.2. The first-order valence-corrected chi connectivity index (χ1v) is 12.0. The quantitative estimate of drug-likeness (QED) is 0.395. The van der Waals surface area contributed by atoms with Gasteiger partial charge in [-0.3, -0.25) is 13.8 Å². The van der Waals surface area contributed by atoms with Crippen LogP contribution >= 0.6 is 11.6 Å². The van der Waals surface area contributed by atoms with Crippen molar-refractivity contribution in [2.45, 2.75) is 49.7 Å². The van der Waals surface area contributed by atoms with Gasteiger partial charge < -0.3 is 14.6 Å². The molecular formula is C22H27ClN2O4S. The molecule has 1 N–H and O–H groups in total. The number of rotatable bonds is 12. The van der Waals surface area contributed by atoms with E-state index in [1.54, 1.807) is 12.1 Å². The van der Waals surface area contributed by atoms with Crippen LogP contribution in [0.5, 0.6) is 0 Å². The van der Waals surface area contributed by atoms with Crippen molar-refractivity contribution in [3.05, 3.63) is 59.0 Å². The Morgan fingerprint density at radius 1 is 1.17 bits per heavy atom. The highest BCUT2D eigenvalue weighted by atomic mass is 35.5. The molecule has 30 heavy (non-hydrogen) atoms. The summed E-state index contributed by atoms with van der Waals surface area (Å²) in [6.07, 6.45) is 6.89. The third-order valence-corrected chi connectivity index (χ3v) is 6.98. The lowest BCUT2D eigenvalue weighted by molar-refractivity contribution is -0.145. The number of likely N-dealkylation sites (tertiary alicyclic amines) is 1. The fraction of sp³-hybridized carbons (Fsp3) is 0.455. The van der Waals surface area contributed by atoms with Crippen molar-refractivity contribution in [3.8, 4) is 0 Å². The van der Waals surface area contributed by atoms with Crippen molar-refractivity contribution in [3.63, 3.8) is 0 Å². The molecular weight excluding hydrogens is 424 g/mol. The number of amides is 2. The van der Waals surface area contributed by atoms with Crippen molar-refractivity contribution in [1.82, 2.24) is 10.2 Å². The van der Waals surface area contributed by atoms with Crippen LogP contribution in [0.2, 0.25) is 5.02 Å². The summed E-state index contributed by atoms with van der Waals surface area (Å²) in [7, 11) is -1.28. The molecule has 6 nitrogen and oxygen atoms in total. The number of β-lactam (4-membered cyclic amide) rings is 1. The molecule has 2 aromatic rings. The summed E-state index contributed by atoms with van der Waals surface area (Å²) in [4.78, 5) is 25.4. The molecule has 162 valence electrons. The van der Waals surface area contributed by atoms with Crippen molar-refractivity contribution < 1.29 is 18.2 Å². The Labute approximate surface area is 184 Å². The maximum atomic E-state index is 12.4. The number of benzene rings is 1. The number of carbonyl (C=O) groups is 2. The lowest BCUT2D eigenvalue weighted by Crippen LogP contribution is -2.57. The smallest absolute Gasteiger partial charge is 0.239 e. The molecule has 1 aromatic carbocycles. The predicted octanol–water partition coefficient (Wildman–Crippen LogP) is 3.66. The highest BCUT2D eigenvalue weighted by molar-refractivity contribution is 7.84. The fourth-order valence-corrected chi connectivity index (χ4v) is 4.95. The van der Waals surface area contributed by atoms with Crippen LogP contribution in [-0.2, 0) is 32.6 Å². The topological polar surface area (TPSA) is 79.6 Å². The molecule has 0 aliphatic carbocycles. The molecule has 0 saturated carbocycles. The van der Waals surface area contributed by atoms with Gasteiger partial charge >= 0.3 is 0 Å². The first-order chi connectivity index (χ1) is 14.5. The van der Waals surface area contributed by atoms with Gasteiger partial charge in [-0.15, -0.1) is 0 Å². The number of halogens is 1. The Hall–Kier alpha value is -2.12. The monoisotopic (exact) mass is 450 g/mol. The van der Waals surface area contributed by atoms with E-state index in [0.29, 0.717) is 12.3 Å². The van der Waals surface area contributed by atoms with E-state index < -0.39 is 16.2 Å². The number of nitrogens with zero attached hydrogens (tertiary/aromatic N) is 1. The summed E-state index contributed by atoms with van der Waals surface area (Å²) >= 11 is 5.88. The normalized spacial score (nSPS) is 16.9. The molecule has 2 atom stereocenters. The Balaban J connectivity index is 1.27. The molecule has 2 amide bonds. The summed E-state index contributed by atoms with van der Waals surface area (Å²) in [5.41, 5.74) is 1.28. The Bertz CT molecular complexity index is 855. The Morgan fingerprint density at radius 2 is 1.93 bits per heavy atom. The van der Waals surface area contributed by atoms with Crippen molar-refractivity contribution in [2.75, 3.05) is 13.1 Å². The van der Waals surface area contributed by atoms with Gasteiger partial charge in [0, 0.05) is 11.6 Å². The highest BCUT2D eigenvalue weighted by Crippen LogP contribution is 2.24. The largest absolute Gasteiger partial charge is 0.468 e. The number of hydrogen-bond donors (Lipinski definition) is 1. The van der Waals surface area contributed by atoms with Crippen LogP contribution in [0, 0.1) is 0 Å². The van der Waals surface area contributed by atoms with E-state index >= 15 is 0 Å². The molecule has 2 unspecified atom stereocenters. The summed E-state index contributed by atoms with van der Waals surface area (Å²) in [5, 5.41) is 3.20. The zero-order valence-corrected chi connectivity index (χ0v) is 18.4. The van der Waals surface area contributed by atoms with Gasteiger partial charge in [0.05, 0.1) is 29.2 Å². The van der Waals surface area contributed by atoms with E-state index in [4.69, 9.17) is 16.0 Å². The van der Waals surface area contributed by atoms with Gasteiger partial charge in [0.25, 0.3) is 0 Å². The second-order valence-electron chi connectivity index (χ2n) is 7.43. The van der Waals surface area contributed by atoms with Crippen LogP contribution < -0.4 is 5.32 Å². The zero-order chi connectivity index (χ0) is 21.3. The molecule has 1 aliphatic rings. The van der Waals surface area contributed by atoms with Crippen LogP contribution in [0.4, 0.5) is 0 Å². The SMILES string of the molecule is O=C(CN1C(=O)CC1S(=O)Cc1ccco1)NCCCCCCc1ccc(Cl)cc1. The summed E-state index contributed by atoms with van der Waals surface area (Å²) in [6, 6.07) is 11.4. The third kappa shape index (κ3) is 6.71. The maximum absolute atomic E-state index is 12.4. The number of unbranched alkanes of at least 4 members (excludes halogenated alkanes) is 3. The van der Waals surface area contributed by atoms with Crippen molar-refractivity contribution in [1.29, 1.82) is 0 Å². The molecule has 1 fully saturated rings. The molecule has 0 radical (unpaired) electrons. The average molecular weight is 451 g/mol. The number of nitrogens with one attached hydrogen (secondary N) is 1. The minimum atomic E-state index is -1.28. The third-order valence-electron chi connectivity index (χ3n) is 5.13. The Morgan fingerprint density at radius 3 is 2.63 bits per heavy atom. The molecule has 1 saturated heterocycles. The number of hydrogen-bond acceptors (Lipinski definition) is 4. The molecule has 8 heteroatoms. The summed E-state index contributed by atoms with van der Waals surface area (Å²) < 4.78 is 17.6. The van der Waals surface area contributed by atoms with Crippen LogP contribution in [0.1, 0.15) is 43.4 Å². The zero-order valence-electron chi connectivity index (χ0n) is 16.8. The molecule has 1 aliphatic heterocycles. The van der Waals surface area contributed by atoms with Crippen molar-refractivity contribution in [2.24, 2.45) is 0 Å². The lowest BCUT2D eigenvalue weighted by Gasteiger charge is -2.38. The van der Waals surface area contributed by atoms with Gasteiger partial charge in [0.15, 0.2) is 0 Å². The highest BCUT2D eigenvalue weighted by Gasteiger charge is 2.41. The minimum Gasteiger partial charge on any atom is -0.468 e. The molecule has 0 spiro atoms. The van der Waals surface area contributed by atoms with Crippen LogP contribution in [0.25, 0.3) is 0 Å². The van der Waals surface area contributed by atoms with E-state index in [2.05, 4.69) is 17.4 Å². The molecule has 0 bridgehead atoms. The Kier molecular flexibility index (Phi) is 8.51. The van der Waals surface area contributed by atoms with Crippen LogP contribution in [0.3, 0.4) is 0 Å². The molecule has 1 aromatic heterocycles. The second kappa shape index (κ2) is 11.3. The minimum absolute atomic E-state index is 0.0377. The summed E-state index contributed by atoms with van der Waals surface area (Å²) in [5.74, 6) is 0.529.